The zero-order valence-electron chi connectivity index (χ0n) is 15.1. The third-order valence-corrected chi connectivity index (χ3v) is 4.73. The van der Waals surface area contributed by atoms with Gasteiger partial charge in [0, 0.05) is 17.1 Å². The minimum absolute atomic E-state index is 1.13. The number of hydrogen-bond acceptors (Lipinski definition) is 1. The molecule has 1 nitrogen and oxygen atoms in total. The standard InChI is InChI=1S/C24H22BN/c25-21-10-7-13-24(18-21)26(22-11-5-2-6-12-22)23-16-14-20(15-17-23)19-8-3-1-4-9-19/h2-3,5-18H,1,4,25H2. The lowest BCUT2D eigenvalue weighted by molar-refractivity contribution is 1.04. The normalized spacial score (nSPS) is 13.3. The maximum absolute atomic E-state index is 2.32. The molecule has 0 saturated carbocycles. The summed E-state index contributed by atoms with van der Waals surface area (Å²) in [6.07, 6.45) is 9.09. The first-order chi connectivity index (χ1) is 12.8. The van der Waals surface area contributed by atoms with E-state index in [0.717, 1.165) is 12.8 Å². The molecule has 1 aliphatic carbocycles. The van der Waals surface area contributed by atoms with E-state index in [1.807, 2.05) is 0 Å². The summed E-state index contributed by atoms with van der Waals surface area (Å²) in [6, 6.07) is 28.1. The van der Waals surface area contributed by atoms with Crippen molar-refractivity contribution >= 4 is 35.9 Å². The van der Waals surface area contributed by atoms with E-state index in [9.17, 15) is 0 Å². The molecule has 26 heavy (non-hydrogen) atoms. The van der Waals surface area contributed by atoms with E-state index in [1.165, 1.54) is 33.7 Å². The molecule has 0 fully saturated rings. The quantitative estimate of drug-likeness (QED) is 0.596. The Kier molecular flexibility index (Phi) is 4.74. The van der Waals surface area contributed by atoms with Crippen LogP contribution in [0.15, 0.2) is 97.1 Å². The first-order valence-electron chi connectivity index (χ1n) is 9.20. The average Bonchev–Trinajstić information content (AvgIpc) is 2.70. The molecule has 0 amide bonds. The van der Waals surface area contributed by atoms with Gasteiger partial charge in [-0.05, 0) is 60.4 Å². The topological polar surface area (TPSA) is 3.24 Å². The van der Waals surface area contributed by atoms with Crippen molar-refractivity contribution in [2.24, 2.45) is 0 Å². The minimum Gasteiger partial charge on any atom is -0.311 e. The highest BCUT2D eigenvalue weighted by atomic mass is 15.1. The molecule has 0 N–H and O–H groups in total. The summed E-state index contributed by atoms with van der Waals surface area (Å²) in [5.41, 5.74) is 7.39. The molecule has 3 aromatic rings. The molecule has 1 aliphatic rings. The monoisotopic (exact) mass is 335 g/mol. The lowest BCUT2D eigenvalue weighted by atomic mass is 9.95. The van der Waals surface area contributed by atoms with Gasteiger partial charge in [-0.15, -0.1) is 0 Å². The van der Waals surface area contributed by atoms with E-state index in [0.29, 0.717) is 0 Å². The summed E-state index contributed by atoms with van der Waals surface area (Å²) in [5, 5.41) is 0. The van der Waals surface area contributed by atoms with Gasteiger partial charge in [-0.3, -0.25) is 0 Å². The number of benzene rings is 3. The van der Waals surface area contributed by atoms with Crippen LogP contribution < -0.4 is 10.4 Å². The van der Waals surface area contributed by atoms with Crippen molar-refractivity contribution in [3.63, 3.8) is 0 Å². The van der Waals surface area contributed by atoms with Crippen LogP contribution in [-0.2, 0) is 0 Å². The van der Waals surface area contributed by atoms with Crippen molar-refractivity contribution in [1.29, 1.82) is 0 Å². The highest BCUT2D eigenvalue weighted by Crippen LogP contribution is 2.34. The minimum atomic E-state index is 1.13. The van der Waals surface area contributed by atoms with Crippen LogP contribution >= 0.6 is 0 Å². The Morgan fingerprint density at radius 1 is 0.692 bits per heavy atom. The highest BCUT2D eigenvalue weighted by molar-refractivity contribution is 6.32. The SMILES string of the molecule is Bc1cccc(N(c2ccccc2)c2ccc(C3=CCCC=C3)cc2)c1. The van der Waals surface area contributed by atoms with Gasteiger partial charge in [-0.2, -0.15) is 0 Å². The Hall–Kier alpha value is -3.00. The zero-order valence-corrected chi connectivity index (χ0v) is 15.1. The van der Waals surface area contributed by atoms with Crippen LogP contribution in [0, 0.1) is 0 Å². The predicted molar refractivity (Wildman–Crippen MR) is 116 cm³/mol. The van der Waals surface area contributed by atoms with Gasteiger partial charge in [0.05, 0.1) is 0 Å². The zero-order chi connectivity index (χ0) is 17.8. The third-order valence-electron chi connectivity index (χ3n) is 4.73. The van der Waals surface area contributed by atoms with Crippen LogP contribution in [0.3, 0.4) is 0 Å². The molecule has 0 unspecified atom stereocenters. The second-order valence-electron chi connectivity index (χ2n) is 6.70. The second kappa shape index (κ2) is 7.49. The van der Waals surface area contributed by atoms with E-state index in [1.54, 1.807) is 0 Å². The Labute approximate surface area is 156 Å². The van der Waals surface area contributed by atoms with Gasteiger partial charge in [-0.25, -0.2) is 0 Å². The van der Waals surface area contributed by atoms with Crippen LogP contribution in [0.1, 0.15) is 18.4 Å². The van der Waals surface area contributed by atoms with Crippen molar-refractivity contribution in [2.75, 3.05) is 4.90 Å². The second-order valence-corrected chi connectivity index (χ2v) is 6.70. The van der Waals surface area contributed by atoms with Gasteiger partial charge in [0.1, 0.15) is 7.85 Å². The Morgan fingerprint density at radius 3 is 2.12 bits per heavy atom. The van der Waals surface area contributed by atoms with Crippen molar-refractivity contribution < 1.29 is 0 Å². The van der Waals surface area contributed by atoms with Crippen LogP contribution in [0.2, 0.25) is 0 Å². The number of anilines is 3. The molecule has 126 valence electrons. The van der Waals surface area contributed by atoms with E-state index >= 15 is 0 Å². The lowest BCUT2D eigenvalue weighted by Gasteiger charge is -2.26. The van der Waals surface area contributed by atoms with Crippen LogP contribution in [0.4, 0.5) is 17.1 Å². The van der Waals surface area contributed by atoms with Crippen molar-refractivity contribution in [3.05, 3.63) is 103 Å². The lowest BCUT2D eigenvalue weighted by Crippen LogP contribution is -2.12. The number of nitrogens with zero attached hydrogens (tertiary/aromatic N) is 1. The molecule has 0 radical (unpaired) electrons. The van der Waals surface area contributed by atoms with Crippen molar-refractivity contribution in [1.82, 2.24) is 0 Å². The highest BCUT2D eigenvalue weighted by Gasteiger charge is 2.12. The first-order valence-corrected chi connectivity index (χ1v) is 9.20. The molecule has 0 atom stereocenters. The molecule has 4 rings (SSSR count). The van der Waals surface area contributed by atoms with E-state index in [-0.39, 0.29) is 0 Å². The van der Waals surface area contributed by atoms with Gasteiger partial charge in [0.25, 0.3) is 0 Å². The number of para-hydroxylation sites is 1. The molecule has 3 aromatic carbocycles. The molecule has 0 spiro atoms. The molecule has 2 heteroatoms. The Morgan fingerprint density at radius 2 is 1.42 bits per heavy atom. The van der Waals surface area contributed by atoms with Crippen molar-refractivity contribution in [2.45, 2.75) is 12.8 Å². The summed E-state index contributed by atoms with van der Waals surface area (Å²) in [5.74, 6) is 0. The number of rotatable bonds is 4. The summed E-state index contributed by atoms with van der Waals surface area (Å²) >= 11 is 0. The Bertz CT molecular complexity index is 939. The van der Waals surface area contributed by atoms with E-state index in [4.69, 9.17) is 0 Å². The average molecular weight is 335 g/mol. The largest absolute Gasteiger partial charge is 0.311 e. The fourth-order valence-electron chi connectivity index (χ4n) is 3.42. The third kappa shape index (κ3) is 3.50. The van der Waals surface area contributed by atoms with E-state index < -0.39 is 0 Å². The van der Waals surface area contributed by atoms with Crippen LogP contribution in [0.5, 0.6) is 0 Å². The molecule has 0 aromatic heterocycles. The van der Waals surface area contributed by atoms with Gasteiger partial charge < -0.3 is 4.90 Å². The molecule has 0 saturated heterocycles. The predicted octanol–water partition coefficient (Wildman–Crippen LogP) is 5.15. The van der Waals surface area contributed by atoms with Crippen molar-refractivity contribution in [3.8, 4) is 0 Å². The number of hydrogen-bond donors (Lipinski definition) is 0. The maximum Gasteiger partial charge on any atom is 0.139 e. The maximum atomic E-state index is 2.32. The first kappa shape index (κ1) is 16.5. The fraction of sp³-hybridized carbons (Fsp3) is 0.0833. The fourth-order valence-corrected chi connectivity index (χ4v) is 3.42. The van der Waals surface area contributed by atoms with Crippen LogP contribution in [0.25, 0.3) is 5.57 Å². The summed E-state index contributed by atoms with van der Waals surface area (Å²) in [6.45, 7) is 0. The van der Waals surface area contributed by atoms with Gasteiger partial charge in [-0.1, -0.05) is 66.2 Å². The smallest absolute Gasteiger partial charge is 0.139 e. The summed E-state index contributed by atoms with van der Waals surface area (Å²) < 4.78 is 0. The summed E-state index contributed by atoms with van der Waals surface area (Å²) in [4.78, 5) is 2.31. The van der Waals surface area contributed by atoms with Gasteiger partial charge in [0.2, 0.25) is 0 Å². The molecular formula is C24H22BN. The Balaban J connectivity index is 1.74. The molecule has 0 heterocycles. The van der Waals surface area contributed by atoms with Gasteiger partial charge in [0.15, 0.2) is 0 Å². The molecular weight excluding hydrogens is 313 g/mol. The summed E-state index contributed by atoms with van der Waals surface area (Å²) in [7, 11) is 2.14. The van der Waals surface area contributed by atoms with Crippen LogP contribution in [-0.4, -0.2) is 7.85 Å². The number of allylic oxidation sites excluding steroid dienone is 4. The molecule has 0 bridgehead atoms. The van der Waals surface area contributed by atoms with E-state index in [2.05, 4.69) is 110 Å². The molecule has 0 aliphatic heterocycles. The van der Waals surface area contributed by atoms with Gasteiger partial charge >= 0.3 is 0 Å².